The molecule has 2 aromatic heterocycles. The average molecular weight is 386 g/mol. The highest BCUT2D eigenvalue weighted by Crippen LogP contribution is 2.18. The van der Waals surface area contributed by atoms with Gasteiger partial charge in [-0.15, -0.1) is 0 Å². The summed E-state index contributed by atoms with van der Waals surface area (Å²) in [4.78, 5) is 30.0. The second-order valence-electron chi connectivity index (χ2n) is 6.36. The normalized spacial score (nSPS) is 10.7. The van der Waals surface area contributed by atoms with E-state index in [0.29, 0.717) is 28.8 Å². The fraction of sp³-hybridized carbons (Fsp3) is 0.0909. The third-order valence-electron chi connectivity index (χ3n) is 4.49. The van der Waals surface area contributed by atoms with Crippen molar-refractivity contribution in [2.75, 3.05) is 7.11 Å². The van der Waals surface area contributed by atoms with Gasteiger partial charge in [0.05, 0.1) is 18.2 Å². The summed E-state index contributed by atoms with van der Waals surface area (Å²) in [5.74, 6) is 0.216. The molecule has 0 unspecified atom stereocenters. The van der Waals surface area contributed by atoms with Crippen LogP contribution in [0, 0.1) is 0 Å². The maximum absolute atomic E-state index is 13.0. The molecule has 144 valence electrons. The van der Waals surface area contributed by atoms with Crippen LogP contribution in [-0.2, 0) is 6.54 Å². The molecule has 4 aromatic rings. The van der Waals surface area contributed by atoms with Crippen LogP contribution in [0.3, 0.4) is 0 Å². The van der Waals surface area contributed by atoms with Crippen molar-refractivity contribution in [3.05, 3.63) is 94.7 Å². The average Bonchev–Trinajstić information content (AvgIpc) is 2.78. The minimum atomic E-state index is -0.373. The number of rotatable bonds is 5. The van der Waals surface area contributed by atoms with Crippen LogP contribution in [0.2, 0.25) is 0 Å². The highest BCUT2D eigenvalue weighted by atomic mass is 16.5. The molecule has 0 aliphatic heterocycles. The Bertz CT molecular complexity index is 1240. The standard InChI is InChI=1S/C22H18N4O3/c1-29-17-8-4-7-16(12-17)26-22(28)19-10-3-2-9-18(19)20(25-26)21(27)24-14-15-6-5-11-23-13-15/h2-13H,14H2,1H3,(H,24,27). The molecule has 7 nitrogen and oxygen atoms in total. The van der Waals surface area contributed by atoms with Crippen LogP contribution in [0.25, 0.3) is 16.5 Å². The second kappa shape index (κ2) is 7.93. The van der Waals surface area contributed by atoms with Gasteiger partial charge >= 0.3 is 0 Å². The summed E-state index contributed by atoms with van der Waals surface area (Å²) in [7, 11) is 1.55. The number of nitrogens with zero attached hydrogens (tertiary/aromatic N) is 3. The van der Waals surface area contributed by atoms with E-state index in [1.165, 1.54) is 4.68 Å². The Labute approximate surface area is 166 Å². The lowest BCUT2D eigenvalue weighted by Crippen LogP contribution is -2.29. The van der Waals surface area contributed by atoms with Crippen molar-refractivity contribution in [2.24, 2.45) is 0 Å². The van der Waals surface area contributed by atoms with Crippen LogP contribution in [0.4, 0.5) is 0 Å². The van der Waals surface area contributed by atoms with Gasteiger partial charge in [-0.3, -0.25) is 14.6 Å². The smallest absolute Gasteiger partial charge is 0.279 e. The van der Waals surface area contributed by atoms with Crippen LogP contribution < -0.4 is 15.6 Å². The predicted molar refractivity (Wildman–Crippen MR) is 109 cm³/mol. The quantitative estimate of drug-likeness (QED) is 0.570. The molecule has 0 bridgehead atoms. The molecular formula is C22H18N4O3. The van der Waals surface area contributed by atoms with E-state index >= 15 is 0 Å². The van der Waals surface area contributed by atoms with E-state index < -0.39 is 0 Å². The number of aromatic nitrogens is 3. The van der Waals surface area contributed by atoms with Crippen LogP contribution in [0.15, 0.2) is 77.9 Å². The van der Waals surface area contributed by atoms with E-state index in [2.05, 4.69) is 15.4 Å². The first-order valence-corrected chi connectivity index (χ1v) is 9.01. The van der Waals surface area contributed by atoms with E-state index in [1.54, 1.807) is 74.1 Å². The lowest BCUT2D eigenvalue weighted by molar-refractivity contribution is 0.0946. The number of fused-ring (bicyclic) bond motifs is 1. The lowest BCUT2D eigenvalue weighted by atomic mass is 10.1. The van der Waals surface area contributed by atoms with Gasteiger partial charge in [0, 0.05) is 30.4 Å². The summed E-state index contributed by atoms with van der Waals surface area (Å²) in [5.41, 5.74) is 1.25. The molecule has 0 aliphatic carbocycles. The Hall–Kier alpha value is -4.00. The monoisotopic (exact) mass is 386 g/mol. The van der Waals surface area contributed by atoms with Crippen LogP contribution in [-0.4, -0.2) is 27.8 Å². The van der Waals surface area contributed by atoms with Crippen molar-refractivity contribution >= 4 is 16.7 Å². The number of nitrogens with one attached hydrogen (secondary N) is 1. The Morgan fingerprint density at radius 2 is 1.90 bits per heavy atom. The zero-order chi connectivity index (χ0) is 20.2. The number of benzene rings is 2. The Morgan fingerprint density at radius 1 is 1.07 bits per heavy atom. The third-order valence-corrected chi connectivity index (χ3v) is 4.49. The highest BCUT2D eigenvalue weighted by Gasteiger charge is 2.17. The molecule has 2 heterocycles. The van der Waals surface area contributed by atoms with Crippen molar-refractivity contribution in [3.63, 3.8) is 0 Å². The van der Waals surface area contributed by atoms with Gasteiger partial charge in [0.15, 0.2) is 5.69 Å². The van der Waals surface area contributed by atoms with Gasteiger partial charge in [-0.2, -0.15) is 9.78 Å². The number of methoxy groups -OCH3 is 1. The van der Waals surface area contributed by atoms with Gasteiger partial charge in [0.25, 0.3) is 11.5 Å². The summed E-state index contributed by atoms with van der Waals surface area (Å²) < 4.78 is 6.47. The zero-order valence-corrected chi connectivity index (χ0v) is 15.7. The van der Waals surface area contributed by atoms with E-state index in [1.807, 2.05) is 6.07 Å². The van der Waals surface area contributed by atoms with Crippen molar-refractivity contribution < 1.29 is 9.53 Å². The number of ether oxygens (including phenoxy) is 1. The lowest BCUT2D eigenvalue weighted by Gasteiger charge is -2.12. The number of hydrogen-bond acceptors (Lipinski definition) is 5. The SMILES string of the molecule is COc1cccc(-n2nc(C(=O)NCc3cccnc3)c3ccccc3c2=O)c1. The molecule has 0 saturated heterocycles. The van der Waals surface area contributed by atoms with Crippen molar-refractivity contribution in [3.8, 4) is 11.4 Å². The number of carbonyl (C=O) groups is 1. The number of carbonyl (C=O) groups excluding carboxylic acids is 1. The summed E-state index contributed by atoms with van der Waals surface area (Å²) in [5, 5.41) is 8.14. The predicted octanol–water partition coefficient (Wildman–Crippen LogP) is 2.72. The molecule has 1 amide bonds. The van der Waals surface area contributed by atoms with E-state index in [-0.39, 0.29) is 17.2 Å². The van der Waals surface area contributed by atoms with Gasteiger partial charge < -0.3 is 10.1 Å². The minimum absolute atomic E-state index is 0.173. The molecule has 0 radical (unpaired) electrons. The first-order valence-electron chi connectivity index (χ1n) is 9.01. The molecule has 4 rings (SSSR count). The fourth-order valence-electron chi connectivity index (χ4n) is 3.04. The Kier molecular flexibility index (Phi) is 5.03. The van der Waals surface area contributed by atoms with Crippen LogP contribution in [0.5, 0.6) is 5.75 Å². The third kappa shape index (κ3) is 3.70. The number of hydrogen-bond donors (Lipinski definition) is 1. The summed E-state index contributed by atoms with van der Waals surface area (Å²) in [6.45, 7) is 0.307. The zero-order valence-electron chi connectivity index (χ0n) is 15.7. The molecule has 0 spiro atoms. The van der Waals surface area contributed by atoms with Gasteiger partial charge in [-0.25, -0.2) is 0 Å². The second-order valence-corrected chi connectivity index (χ2v) is 6.36. The van der Waals surface area contributed by atoms with Crippen molar-refractivity contribution in [1.29, 1.82) is 0 Å². The first-order chi connectivity index (χ1) is 14.2. The molecule has 2 aromatic carbocycles. The first kappa shape index (κ1) is 18.4. The maximum Gasteiger partial charge on any atom is 0.279 e. The van der Waals surface area contributed by atoms with Gasteiger partial charge in [-0.05, 0) is 29.8 Å². The van der Waals surface area contributed by atoms with Crippen LogP contribution >= 0.6 is 0 Å². The highest BCUT2D eigenvalue weighted by molar-refractivity contribution is 6.04. The maximum atomic E-state index is 13.0. The van der Waals surface area contributed by atoms with Crippen molar-refractivity contribution in [1.82, 2.24) is 20.1 Å². The summed E-state index contributed by atoms with van der Waals surface area (Å²) >= 11 is 0. The molecule has 0 atom stereocenters. The Balaban J connectivity index is 1.79. The van der Waals surface area contributed by atoms with Crippen molar-refractivity contribution in [2.45, 2.75) is 6.54 Å². The fourth-order valence-corrected chi connectivity index (χ4v) is 3.04. The largest absolute Gasteiger partial charge is 0.497 e. The van der Waals surface area contributed by atoms with Gasteiger partial charge in [0.1, 0.15) is 5.75 Å². The molecule has 7 heteroatoms. The van der Waals surface area contributed by atoms with Crippen LogP contribution in [0.1, 0.15) is 16.1 Å². The topological polar surface area (TPSA) is 86.1 Å². The molecule has 0 saturated carbocycles. The Morgan fingerprint density at radius 3 is 2.66 bits per heavy atom. The summed E-state index contributed by atoms with van der Waals surface area (Å²) in [6, 6.07) is 17.6. The minimum Gasteiger partial charge on any atom is -0.497 e. The van der Waals surface area contributed by atoms with E-state index in [4.69, 9.17) is 4.74 Å². The van der Waals surface area contributed by atoms with Gasteiger partial charge in [-0.1, -0.05) is 30.3 Å². The molecule has 29 heavy (non-hydrogen) atoms. The van der Waals surface area contributed by atoms with E-state index in [0.717, 1.165) is 5.56 Å². The van der Waals surface area contributed by atoms with Gasteiger partial charge in [0.2, 0.25) is 0 Å². The summed E-state index contributed by atoms with van der Waals surface area (Å²) in [6.07, 6.45) is 3.35. The molecule has 0 aliphatic rings. The number of pyridine rings is 1. The molecule has 1 N–H and O–H groups in total. The number of amides is 1. The molecule has 0 fully saturated rings. The molecular weight excluding hydrogens is 368 g/mol. The van der Waals surface area contributed by atoms with E-state index in [9.17, 15) is 9.59 Å².